The highest BCUT2D eigenvalue weighted by Gasteiger charge is 2.41. The molecule has 0 saturated carbocycles. The molecule has 208 valence electrons. The third kappa shape index (κ3) is 7.42. The molecule has 0 N–H and O–H groups in total. The largest absolute Gasteiger partial charge is 0.488 e. The summed E-state index contributed by atoms with van der Waals surface area (Å²) in [5.41, 5.74) is 1.49. The van der Waals surface area contributed by atoms with E-state index in [0.29, 0.717) is 6.42 Å². The Labute approximate surface area is 230 Å². The lowest BCUT2D eigenvalue weighted by Gasteiger charge is -2.39. The van der Waals surface area contributed by atoms with Gasteiger partial charge < -0.3 is 13.9 Å². The Balaban J connectivity index is 1.72. The molecule has 4 nitrogen and oxygen atoms in total. The highest BCUT2D eigenvalue weighted by atomic mass is 16.6. The molecule has 0 bridgehead atoms. The van der Waals surface area contributed by atoms with Gasteiger partial charge in [0.1, 0.15) is 28.3 Å². The van der Waals surface area contributed by atoms with Crippen LogP contribution in [-0.2, 0) is 16.0 Å². The van der Waals surface area contributed by atoms with Crippen molar-refractivity contribution in [2.45, 2.75) is 107 Å². The van der Waals surface area contributed by atoms with Crippen molar-refractivity contribution in [2.24, 2.45) is 16.7 Å². The van der Waals surface area contributed by atoms with Crippen LogP contribution in [0.1, 0.15) is 94.6 Å². The normalized spacial score (nSPS) is 14.0. The van der Waals surface area contributed by atoms with Gasteiger partial charge in [-0.05, 0) is 89.5 Å². The van der Waals surface area contributed by atoms with E-state index < -0.39 is 16.6 Å². The van der Waals surface area contributed by atoms with E-state index in [1.165, 1.54) is 5.56 Å². The van der Waals surface area contributed by atoms with Gasteiger partial charge in [-0.1, -0.05) is 58.9 Å². The second kappa shape index (κ2) is 10.8. The molecule has 0 aliphatic rings. The zero-order chi connectivity index (χ0) is 28.5. The van der Waals surface area contributed by atoms with Crippen LogP contribution in [0.4, 0.5) is 0 Å². The van der Waals surface area contributed by atoms with Crippen molar-refractivity contribution >= 4 is 16.9 Å². The molecule has 1 heterocycles. The van der Waals surface area contributed by atoms with Gasteiger partial charge in [-0.15, -0.1) is 0 Å². The van der Waals surface area contributed by atoms with Crippen LogP contribution in [0.15, 0.2) is 52.9 Å². The number of hydrogen-bond donors (Lipinski definition) is 0. The van der Waals surface area contributed by atoms with Crippen molar-refractivity contribution < 1.29 is 18.7 Å². The molecule has 0 aliphatic carbocycles. The van der Waals surface area contributed by atoms with Crippen molar-refractivity contribution in [3.63, 3.8) is 0 Å². The molecule has 38 heavy (non-hydrogen) atoms. The van der Waals surface area contributed by atoms with Crippen molar-refractivity contribution in [3.05, 3.63) is 54.1 Å². The number of carbonyl (C=O) groups is 1. The molecular weight excluding hydrogens is 472 g/mol. The third-order valence-corrected chi connectivity index (χ3v) is 7.45. The lowest BCUT2D eigenvalue weighted by atomic mass is 9.72. The number of ether oxygens (including phenoxy) is 2. The SMILES string of the molecule is CCc1ccccc1-c1cc2ccc(OC(C)(C)CC(C)(C)OC(=O)C(C)(C)C(C)CC(C)(C)C)cc2o1. The maximum Gasteiger partial charge on any atom is 0.312 e. The topological polar surface area (TPSA) is 48.7 Å². The Hall–Kier alpha value is -2.75. The summed E-state index contributed by atoms with van der Waals surface area (Å²) in [7, 11) is 0. The summed E-state index contributed by atoms with van der Waals surface area (Å²) >= 11 is 0. The minimum absolute atomic E-state index is 0.150. The molecule has 0 aliphatic heterocycles. The molecule has 3 aromatic rings. The smallest absolute Gasteiger partial charge is 0.312 e. The van der Waals surface area contributed by atoms with E-state index in [0.717, 1.165) is 40.9 Å². The summed E-state index contributed by atoms with van der Waals surface area (Å²) in [6.45, 7) is 22.9. The summed E-state index contributed by atoms with van der Waals surface area (Å²) in [4.78, 5) is 13.3. The summed E-state index contributed by atoms with van der Waals surface area (Å²) in [5, 5.41) is 1.04. The molecule has 1 unspecified atom stereocenters. The van der Waals surface area contributed by atoms with E-state index >= 15 is 0 Å². The summed E-state index contributed by atoms with van der Waals surface area (Å²) < 4.78 is 18.8. The van der Waals surface area contributed by atoms with Gasteiger partial charge in [-0.25, -0.2) is 0 Å². The van der Waals surface area contributed by atoms with Gasteiger partial charge in [-0.3, -0.25) is 4.79 Å². The fourth-order valence-corrected chi connectivity index (χ4v) is 5.45. The van der Waals surface area contributed by atoms with Crippen molar-refractivity contribution in [1.29, 1.82) is 0 Å². The molecule has 1 aromatic heterocycles. The molecule has 3 rings (SSSR count). The van der Waals surface area contributed by atoms with E-state index in [-0.39, 0.29) is 17.3 Å². The average Bonchev–Trinajstić information content (AvgIpc) is 3.19. The van der Waals surface area contributed by atoms with E-state index in [1.54, 1.807) is 0 Å². The first-order valence-corrected chi connectivity index (χ1v) is 14.0. The highest BCUT2D eigenvalue weighted by Crippen LogP contribution is 2.39. The van der Waals surface area contributed by atoms with E-state index in [2.05, 4.69) is 58.9 Å². The number of hydrogen-bond acceptors (Lipinski definition) is 4. The lowest BCUT2D eigenvalue weighted by molar-refractivity contribution is -0.174. The third-order valence-electron chi connectivity index (χ3n) is 7.45. The predicted octanol–water partition coefficient (Wildman–Crippen LogP) is 9.63. The molecule has 2 aromatic carbocycles. The van der Waals surface area contributed by atoms with Crippen LogP contribution in [-0.4, -0.2) is 17.2 Å². The van der Waals surface area contributed by atoms with Crippen LogP contribution in [0, 0.1) is 16.7 Å². The number of aryl methyl sites for hydroxylation is 1. The van der Waals surface area contributed by atoms with E-state index in [1.807, 2.05) is 65.8 Å². The van der Waals surface area contributed by atoms with Crippen molar-refractivity contribution in [3.8, 4) is 17.1 Å². The number of furan rings is 1. The fourth-order valence-electron chi connectivity index (χ4n) is 5.45. The van der Waals surface area contributed by atoms with Crippen LogP contribution in [0.3, 0.4) is 0 Å². The zero-order valence-corrected chi connectivity index (χ0v) is 25.5. The lowest BCUT2D eigenvalue weighted by Crippen LogP contribution is -2.44. The second-order valence-electron chi connectivity index (χ2n) is 13.9. The Morgan fingerprint density at radius 3 is 2.18 bits per heavy atom. The molecule has 0 saturated heterocycles. The first kappa shape index (κ1) is 29.8. The second-order valence-corrected chi connectivity index (χ2v) is 13.9. The molecule has 0 spiro atoms. The Bertz CT molecular complexity index is 1250. The molecule has 0 amide bonds. The van der Waals surface area contributed by atoms with E-state index in [9.17, 15) is 4.79 Å². The maximum absolute atomic E-state index is 13.3. The predicted molar refractivity (Wildman–Crippen MR) is 158 cm³/mol. The van der Waals surface area contributed by atoms with Gasteiger partial charge in [-0.2, -0.15) is 0 Å². The Kier molecular flexibility index (Phi) is 8.46. The van der Waals surface area contributed by atoms with Gasteiger partial charge >= 0.3 is 5.97 Å². The Morgan fingerprint density at radius 2 is 1.55 bits per heavy atom. The summed E-state index contributed by atoms with van der Waals surface area (Å²) in [5.74, 6) is 1.63. The minimum Gasteiger partial charge on any atom is -0.488 e. The quantitative estimate of drug-likeness (QED) is 0.250. The fraction of sp³-hybridized carbons (Fsp3) is 0.559. The zero-order valence-electron chi connectivity index (χ0n) is 25.5. The number of esters is 1. The minimum atomic E-state index is -0.689. The van der Waals surface area contributed by atoms with Crippen LogP contribution >= 0.6 is 0 Å². The van der Waals surface area contributed by atoms with Crippen LogP contribution in [0.2, 0.25) is 0 Å². The molecule has 0 radical (unpaired) electrons. The van der Waals surface area contributed by atoms with Gasteiger partial charge in [0, 0.05) is 23.4 Å². The number of rotatable bonds is 10. The van der Waals surface area contributed by atoms with Crippen LogP contribution < -0.4 is 4.74 Å². The highest BCUT2D eigenvalue weighted by molar-refractivity contribution is 5.84. The first-order chi connectivity index (χ1) is 17.4. The molecule has 4 heteroatoms. The van der Waals surface area contributed by atoms with Crippen molar-refractivity contribution in [1.82, 2.24) is 0 Å². The summed E-state index contributed by atoms with van der Waals surface area (Å²) in [6, 6.07) is 16.4. The van der Waals surface area contributed by atoms with Gasteiger partial charge in [0.05, 0.1) is 5.41 Å². The monoisotopic (exact) mass is 520 g/mol. The van der Waals surface area contributed by atoms with Gasteiger partial charge in [0.15, 0.2) is 0 Å². The standard InChI is InChI=1S/C34H48O4/c1-12-24-15-13-14-16-27(24)29-19-25-17-18-26(20-28(25)36-29)37-32(6,7)22-33(8,9)38-30(35)34(10,11)23(2)21-31(3,4)5/h13-20,23H,12,21-22H2,1-11H3. The van der Waals surface area contributed by atoms with Crippen molar-refractivity contribution in [2.75, 3.05) is 0 Å². The number of carbonyl (C=O) groups excluding carboxylic acids is 1. The molecular formula is C34H48O4. The Morgan fingerprint density at radius 1 is 0.895 bits per heavy atom. The molecule has 0 fully saturated rings. The van der Waals surface area contributed by atoms with E-state index in [4.69, 9.17) is 13.9 Å². The van der Waals surface area contributed by atoms with Gasteiger partial charge in [0.25, 0.3) is 0 Å². The van der Waals surface area contributed by atoms with Crippen LogP contribution in [0.5, 0.6) is 5.75 Å². The first-order valence-electron chi connectivity index (χ1n) is 14.0. The molecule has 1 atom stereocenters. The van der Waals surface area contributed by atoms with Gasteiger partial charge in [0.2, 0.25) is 0 Å². The average molecular weight is 521 g/mol. The van der Waals surface area contributed by atoms with Crippen LogP contribution in [0.25, 0.3) is 22.3 Å². The number of fused-ring (bicyclic) bond motifs is 1. The summed E-state index contributed by atoms with van der Waals surface area (Å²) in [6.07, 6.45) is 2.44. The maximum atomic E-state index is 13.3. The number of benzene rings is 2.